The zero-order chi connectivity index (χ0) is 15.7. The minimum atomic E-state index is -0.0489. The first kappa shape index (κ1) is 17.2. The van der Waals surface area contributed by atoms with E-state index in [4.69, 9.17) is 5.73 Å². The summed E-state index contributed by atoms with van der Waals surface area (Å²) in [7, 11) is 0. The molecular formula is C16H25N3O2. The Bertz CT molecular complexity index is 486. The van der Waals surface area contributed by atoms with Gasteiger partial charge >= 0.3 is 0 Å². The smallest absolute Gasteiger partial charge is 0.224 e. The first-order chi connectivity index (χ1) is 10.1. The lowest BCUT2D eigenvalue weighted by atomic mass is 10.1. The third-order valence-corrected chi connectivity index (χ3v) is 3.13. The molecule has 1 aromatic rings. The molecule has 0 atom stereocenters. The lowest BCUT2D eigenvalue weighted by Crippen LogP contribution is -2.15. The summed E-state index contributed by atoms with van der Waals surface area (Å²) in [6, 6.07) is 5.61. The highest BCUT2D eigenvalue weighted by atomic mass is 16.2. The summed E-state index contributed by atoms with van der Waals surface area (Å²) in [5.41, 5.74) is 7.92. The van der Waals surface area contributed by atoms with Gasteiger partial charge in [0.1, 0.15) is 0 Å². The zero-order valence-corrected chi connectivity index (χ0v) is 12.9. The number of carbonyl (C=O) groups is 2. The van der Waals surface area contributed by atoms with Crippen LogP contribution < -0.4 is 16.4 Å². The number of hydrogen-bond donors (Lipinski definition) is 3. The van der Waals surface area contributed by atoms with Gasteiger partial charge in [0.25, 0.3) is 0 Å². The molecule has 0 aromatic heterocycles. The first-order valence-electron chi connectivity index (χ1n) is 7.53. The number of aryl methyl sites for hydroxylation is 1. The minimum absolute atomic E-state index is 0.0119. The lowest BCUT2D eigenvalue weighted by Gasteiger charge is -2.13. The van der Waals surface area contributed by atoms with Crippen LogP contribution in [0.1, 0.15) is 45.1 Å². The van der Waals surface area contributed by atoms with Gasteiger partial charge in [0.2, 0.25) is 11.8 Å². The van der Waals surface area contributed by atoms with Crippen LogP contribution in [0.15, 0.2) is 18.2 Å². The molecule has 0 unspecified atom stereocenters. The maximum Gasteiger partial charge on any atom is 0.224 e. The fourth-order valence-electron chi connectivity index (χ4n) is 2.00. The topological polar surface area (TPSA) is 84.2 Å². The van der Waals surface area contributed by atoms with Crippen molar-refractivity contribution < 1.29 is 9.59 Å². The number of nitrogens with one attached hydrogen (secondary N) is 2. The van der Waals surface area contributed by atoms with E-state index in [1.807, 2.05) is 32.0 Å². The molecule has 0 aliphatic rings. The monoisotopic (exact) mass is 291 g/mol. The second-order valence-electron chi connectivity index (χ2n) is 4.96. The van der Waals surface area contributed by atoms with E-state index in [2.05, 4.69) is 10.6 Å². The van der Waals surface area contributed by atoms with Crippen molar-refractivity contribution in [2.45, 2.75) is 46.0 Å². The quantitative estimate of drug-likeness (QED) is 0.688. The Labute approximate surface area is 126 Å². The van der Waals surface area contributed by atoms with Gasteiger partial charge in [-0.15, -0.1) is 0 Å². The van der Waals surface area contributed by atoms with Gasteiger partial charge in [0.15, 0.2) is 0 Å². The molecule has 0 bridgehead atoms. The highest BCUT2D eigenvalue weighted by molar-refractivity contribution is 5.94. The highest BCUT2D eigenvalue weighted by Crippen LogP contribution is 2.22. The summed E-state index contributed by atoms with van der Waals surface area (Å²) in [4.78, 5) is 23.5. The molecule has 0 spiro atoms. The van der Waals surface area contributed by atoms with Crippen LogP contribution in [0.25, 0.3) is 0 Å². The second kappa shape index (κ2) is 9.13. The molecule has 0 heterocycles. The molecule has 0 saturated heterocycles. The van der Waals surface area contributed by atoms with Gasteiger partial charge in [0.05, 0.1) is 0 Å². The van der Waals surface area contributed by atoms with Crippen LogP contribution in [-0.2, 0) is 16.0 Å². The zero-order valence-electron chi connectivity index (χ0n) is 12.9. The largest absolute Gasteiger partial charge is 0.330 e. The van der Waals surface area contributed by atoms with Crippen LogP contribution in [0, 0.1) is 0 Å². The van der Waals surface area contributed by atoms with E-state index in [1.165, 1.54) is 0 Å². The molecule has 4 N–H and O–H groups in total. The van der Waals surface area contributed by atoms with Crippen LogP contribution in [0.2, 0.25) is 0 Å². The molecule has 1 rings (SSSR count). The lowest BCUT2D eigenvalue weighted by molar-refractivity contribution is -0.117. The number of anilines is 2. The Hall–Kier alpha value is -1.88. The molecular weight excluding hydrogens is 266 g/mol. The summed E-state index contributed by atoms with van der Waals surface area (Å²) < 4.78 is 0. The number of benzene rings is 1. The fraction of sp³-hybridized carbons (Fsp3) is 0.500. The number of nitrogens with two attached hydrogens (primary N) is 1. The molecule has 1 aromatic carbocycles. The van der Waals surface area contributed by atoms with Crippen molar-refractivity contribution in [2.75, 3.05) is 17.2 Å². The van der Waals surface area contributed by atoms with Crippen molar-refractivity contribution in [1.82, 2.24) is 0 Å². The SMILES string of the molecule is CCCC(=O)Nc1ccc(CC)c(NC(=O)CCCN)c1. The first-order valence-corrected chi connectivity index (χ1v) is 7.53. The third kappa shape index (κ3) is 5.95. The average molecular weight is 291 g/mol. The van der Waals surface area contributed by atoms with E-state index < -0.39 is 0 Å². The maximum absolute atomic E-state index is 11.8. The standard InChI is InChI=1S/C16H25N3O2/c1-3-6-15(20)18-13-9-8-12(4-2)14(11-13)19-16(21)7-5-10-17/h8-9,11H,3-7,10,17H2,1-2H3,(H,18,20)(H,19,21). The molecule has 5 heteroatoms. The van der Waals surface area contributed by atoms with Gasteiger partial charge in [-0.05, 0) is 43.5 Å². The number of carbonyl (C=O) groups excluding carboxylic acids is 2. The van der Waals surface area contributed by atoms with Crippen molar-refractivity contribution in [1.29, 1.82) is 0 Å². The van der Waals surface area contributed by atoms with Crippen molar-refractivity contribution in [3.8, 4) is 0 Å². The van der Waals surface area contributed by atoms with Gasteiger partial charge in [-0.1, -0.05) is 19.9 Å². The molecule has 0 radical (unpaired) electrons. The Morgan fingerprint density at radius 1 is 1.10 bits per heavy atom. The molecule has 2 amide bonds. The van der Waals surface area contributed by atoms with Gasteiger partial charge in [-0.2, -0.15) is 0 Å². The summed E-state index contributed by atoms with van der Waals surface area (Å²) in [5, 5.41) is 5.74. The summed E-state index contributed by atoms with van der Waals surface area (Å²) >= 11 is 0. The highest BCUT2D eigenvalue weighted by Gasteiger charge is 2.08. The summed E-state index contributed by atoms with van der Waals surface area (Å²) in [6.07, 6.45) is 3.19. The molecule has 116 valence electrons. The third-order valence-electron chi connectivity index (χ3n) is 3.13. The van der Waals surface area contributed by atoms with Crippen molar-refractivity contribution >= 4 is 23.2 Å². The van der Waals surface area contributed by atoms with Crippen LogP contribution >= 0.6 is 0 Å². The molecule has 5 nitrogen and oxygen atoms in total. The van der Waals surface area contributed by atoms with Crippen LogP contribution in [0.3, 0.4) is 0 Å². The predicted octanol–water partition coefficient (Wildman–Crippen LogP) is 2.67. The van der Waals surface area contributed by atoms with Gasteiger partial charge in [-0.25, -0.2) is 0 Å². The minimum Gasteiger partial charge on any atom is -0.330 e. The van der Waals surface area contributed by atoms with Gasteiger partial charge in [0, 0.05) is 24.2 Å². The maximum atomic E-state index is 11.8. The molecule has 0 fully saturated rings. The Morgan fingerprint density at radius 2 is 1.81 bits per heavy atom. The predicted molar refractivity (Wildman–Crippen MR) is 86.3 cm³/mol. The van der Waals surface area contributed by atoms with E-state index in [1.54, 1.807) is 0 Å². The Balaban J connectivity index is 2.80. The van der Waals surface area contributed by atoms with Gasteiger partial charge < -0.3 is 16.4 Å². The van der Waals surface area contributed by atoms with Crippen LogP contribution in [0.4, 0.5) is 11.4 Å². The fourth-order valence-corrected chi connectivity index (χ4v) is 2.00. The second-order valence-corrected chi connectivity index (χ2v) is 4.96. The Kier molecular flexibility index (Phi) is 7.46. The van der Waals surface area contributed by atoms with E-state index in [-0.39, 0.29) is 11.8 Å². The van der Waals surface area contributed by atoms with Crippen LogP contribution in [0.5, 0.6) is 0 Å². The number of amides is 2. The normalized spacial score (nSPS) is 10.2. The molecule has 0 saturated carbocycles. The molecule has 0 aliphatic heterocycles. The average Bonchev–Trinajstić information content (AvgIpc) is 2.45. The summed E-state index contributed by atoms with van der Waals surface area (Å²) in [6.45, 7) is 4.49. The molecule has 21 heavy (non-hydrogen) atoms. The van der Waals surface area contributed by atoms with Gasteiger partial charge in [-0.3, -0.25) is 9.59 Å². The molecule has 0 aliphatic carbocycles. The number of rotatable bonds is 8. The van der Waals surface area contributed by atoms with E-state index >= 15 is 0 Å². The Morgan fingerprint density at radius 3 is 2.43 bits per heavy atom. The van der Waals surface area contributed by atoms with E-state index in [9.17, 15) is 9.59 Å². The van der Waals surface area contributed by atoms with Crippen LogP contribution in [-0.4, -0.2) is 18.4 Å². The van der Waals surface area contributed by atoms with Crippen molar-refractivity contribution in [3.05, 3.63) is 23.8 Å². The van der Waals surface area contributed by atoms with Crippen molar-refractivity contribution in [3.63, 3.8) is 0 Å². The van der Waals surface area contributed by atoms with E-state index in [0.29, 0.717) is 31.5 Å². The van der Waals surface area contributed by atoms with Crippen molar-refractivity contribution in [2.24, 2.45) is 5.73 Å². The number of hydrogen-bond acceptors (Lipinski definition) is 3. The van der Waals surface area contributed by atoms with E-state index in [0.717, 1.165) is 24.1 Å². The summed E-state index contributed by atoms with van der Waals surface area (Å²) in [5.74, 6) is -0.0608.